The molecule has 26 heavy (non-hydrogen) atoms. The van der Waals surface area contributed by atoms with E-state index in [4.69, 9.17) is 14.2 Å². The van der Waals surface area contributed by atoms with Crippen LogP contribution in [0.1, 0.15) is 47.1 Å². The van der Waals surface area contributed by atoms with E-state index >= 15 is 0 Å². The number of carbonyl (C=O) groups is 1. The predicted octanol–water partition coefficient (Wildman–Crippen LogP) is 4.67. The number of amides is 1. The Hall–Kier alpha value is -1.85. The highest BCUT2D eigenvalue weighted by Gasteiger charge is 2.20. The zero-order valence-corrected chi connectivity index (χ0v) is 16.8. The summed E-state index contributed by atoms with van der Waals surface area (Å²) >= 11 is 0. The molecule has 0 saturated carbocycles. The maximum atomic E-state index is 11.9. The number of nitrogens with one attached hydrogen (secondary N) is 1. The third-order valence-corrected chi connectivity index (χ3v) is 3.52. The van der Waals surface area contributed by atoms with Crippen LogP contribution < -0.4 is 5.32 Å². The molecular formula is C21H33NO4. The van der Waals surface area contributed by atoms with Crippen LogP contribution >= 0.6 is 0 Å². The molecule has 1 aromatic rings. The van der Waals surface area contributed by atoms with Crippen molar-refractivity contribution in [2.24, 2.45) is 5.92 Å². The Kier molecular flexibility index (Phi) is 9.38. The quantitative estimate of drug-likeness (QED) is 0.393. The van der Waals surface area contributed by atoms with Crippen LogP contribution in [0, 0.1) is 5.92 Å². The van der Waals surface area contributed by atoms with Gasteiger partial charge in [0.25, 0.3) is 0 Å². The summed E-state index contributed by atoms with van der Waals surface area (Å²) in [5.74, 6) is 0.236. The normalized spacial score (nSPS) is 14.4. The maximum absolute atomic E-state index is 11.9. The van der Waals surface area contributed by atoms with E-state index in [-0.39, 0.29) is 24.9 Å². The van der Waals surface area contributed by atoms with Crippen LogP contribution in [0.2, 0.25) is 0 Å². The average Bonchev–Trinajstić information content (AvgIpc) is 2.54. The van der Waals surface area contributed by atoms with Gasteiger partial charge in [-0.25, -0.2) is 4.79 Å². The number of alkyl carbamates (subject to hydrolysis) is 1. The summed E-state index contributed by atoms with van der Waals surface area (Å²) in [4.78, 5) is 11.9. The summed E-state index contributed by atoms with van der Waals surface area (Å²) in [7, 11) is 0. The van der Waals surface area contributed by atoms with Crippen molar-refractivity contribution in [2.45, 2.75) is 65.9 Å². The fraction of sp³-hybridized carbons (Fsp3) is 0.571. The first-order chi connectivity index (χ1) is 12.2. The molecule has 1 N–H and O–H groups in total. The molecule has 0 unspecified atom stereocenters. The van der Waals surface area contributed by atoms with Gasteiger partial charge in [0.05, 0.1) is 18.8 Å². The maximum Gasteiger partial charge on any atom is 0.408 e. The first-order valence-electron chi connectivity index (χ1n) is 9.08. The third kappa shape index (κ3) is 10.2. The van der Waals surface area contributed by atoms with Crippen LogP contribution in [0.5, 0.6) is 0 Å². The summed E-state index contributed by atoms with van der Waals surface area (Å²) < 4.78 is 16.5. The second-order valence-electron chi connectivity index (χ2n) is 7.62. The molecule has 0 fully saturated rings. The van der Waals surface area contributed by atoms with Crippen molar-refractivity contribution in [1.82, 2.24) is 5.32 Å². The minimum atomic E-state index is -0.512. The molecule has 5 nitrogen and oxygen atoms in total. The summed E-state index contributed by atoms with van der Waals surface area (Å²) in [6, 6.07) is 9.84. The Morgan fingerprint density at radius 1 is 1.12 bits per heavy atom. The summed E-state index contributed by atoms with van der Waals surface area (Å²) in [5, 5.41) is 2.88. The van der Waals surface area contributed by atoms with Crippen molar-refractivity contribution in [2.75, 3.05) is 6.79 Å². The summed E-state index contributed by atoms with van der Waals surface area (Å²) in [6.45, 7) is 12.3. The minimum Gasteiger partial charge on any atom is -0.444 e. The average molecular weight is 363 g/mol. The van der Waals surface area contributed by atoms with Gasteiger partial charge in [-0.2, -0.15) is 0 Å². The Morgan fingerprint density at radius 3 is 2.35 bits per heavy atom. The first-order valence-corrected chi connectivity index (χ1v) is 9.08. The Bertz CT molecular complexity index is 549. The largest absolute Gasteiger partial charge is 0.444 e. The van der Waals surface area contributed by atoms with Gasteiger partial charge < -0.3 is 19.5 Å². The molecule has 0 aliphatic carbocycles. The van der Waals surface area contributed by atoms with Gasteiger partial charge in [-0.05, 0) is 39.2 Å². The molecule has 2 atom stereocenters. The van der Waals surface area contributed by atoms with Gasteiger partial charge in [0.2, 0.25) is 0 Å². The second-order valence-corrected chi connectivity index (χ2v) is 7.62. The standard InChI is InChI=1S/C21H33NO4/c1-16(2)19(22-20(23)26-21(4,5)6)13-12-17(3)25-15-24-14-18-10-8-7-9-11-18/h7-13,16-17,19H,14-15H2,1-6H3,(H,22,23)/b13-12+/t17-,19-/m1/s1. The molecule has 0 aromatic heterocycles. The van der Waals surface area contributed by atoms with Gasteiger partial charge in [-0.3, -0.25) is 0 Å². The van der Waals surface area contributed by atoms with Gasteiger partial charge in [0.15, 0.2) is 0 Å². The van der Waals surface area contributed by atoms with Gasteiger partial charge in [-0.1, -0.05) is 56.3 Å². The Morgan fingerprint density at radius 2 is 1.77 bits per heavy atom. The highest BCUT2D eigenvalue weighted by molar-refractivity contribution is 5.68. The van der Waals surface area contributed by atoms with Crippen molar-refractivity contribution in [1.29, 1.82) is 0 Å². The molecule has 0 radical (unpaired) electrons. The summed E-state index contributed by atoms with van der Waals surface area (Å²) in [5.41, 5.74) is 0.600. The van der Waals surface area contributed by atoms with E-state index in [1.807, 2.05) is 84.0 Å². The topological polar surface area (TPSA) is 56.8 Å². The van der Waals surface area contributed by atoms with Gasteiger partial charge in [-0.15, -0.1) is 0 Å². The molecule has 5 heteroatoms. The van der Waals surface area contributed by atoms with Crippen LogP contribution in [-0.4, -0.2) is 30.6 Å². The number of hydrogen-bond acceptors (Lipinski definition) is 4. The monoisotopic (exact) mass is 363 g/mol. The molecule has 1 rings (SSSR count). The first kappa shape index (κ1) is 22.2. The van der Waals surface area contributed by atoms with Crippen LogP contribution in [0.4, 0.5) is 4.79 Å². The minimum absolute atomic E-state index is 0.118. The Labute approximate surface area is 157 Å². The van der Waals surface area contributed by atoms with Crippen LogP contribution in [0.25, 0.3) is 0 Å². The summed E-state index contributed by atoms with van der Waals surface area (Å²) in [6.07, 6.45) is 3.33. The molecule has 1 amide bonds. The van der Waals surface area contributed by atoms with Crippen molar-refractivity contribution >= 4 is 6.09 Å². The zero-order valence-electron chi connectivity index (χ0n) is 16.8. The van der Waals surface area contributed by atoms with Crippen molar-refractivity contribution in [3.63, 3.8) is 0 Å². The smallest absolute Gasteiger partial charge is 0.408 e. The van der Waals surface area contributed by atoms with Gasteiger partial charge in [0.1, 0.15) is 12.4 Å². The van der Waals surface area contributed by atoms with E-state index < -0.39 is 11.7 Å². The molecule has 0 saturated heterocycles. The van der Waals surface area contributed by atoms with Crippen LogP contribution in [0.3, 0.4) is 0 Å². The second kappa shape index (κ2) is 11.0. The highest BCUT2D eigenvalue weighted by atomic mass is 16.7. The molecule has 0 aliphatic heterocycles. The lowest BCUT2D eigenvalue weighted by Crippen LogP contribution is -2.40. The molecule has 0 heterocycles. The molecule has 146 valence electrons. The number of rotatable bonds is 9. The molecule has 0 bridgehead atoms. The SMILES string of the molecule is CC(C)[C@@H](/C=C/[C@@H](C)OCOCc1ccccc1)NC(=O)OC(C)(C)C. The Balaban J connectivity index is 2.37. The van der Waals surface area contributed by atoms with Crippen LogP contribution in [0.15, 0.2) is 42.5 Å². The lowest BCUT2D eigenvalue weighted by Gasteiger charge is -2.24. The number of ether oxygens (including phenoxy) is 3. The van der Waals surface area contributed by atoms with E-state index in [0.717, 1.165) is 5.56 Å². The number of carbonyl (C=O) groups excluding carboxylic acids is 1. The fourth-order valence-corrected chi connectivity index (χ4v) is 2.10. The number of hydrogen-bond donors (Lipinski definition) is 1. The van der Waals surface area contributed by atoms with Gasteiger partial charge in [0, 0.05) is 0 Å². The fourth-order valence-electron chi connectivity index (χ4n) is 2.10. The van der Waals surface area contributed by atoms with E-state index in [0.29, 0.717) is 6.61 Å². The molecule has 1 aromatic carbocycles. The number of benzene rings is 1. The van der Waals surface area contributed by atoms with E-state index in [9.17, 15) is 4.79 Å². The van der Waals surface area contributed by atoms with Crippen molar-refractivity contribution in [3.05, 3.63) is 48.0 Å². The lowest BCUT2D eigenvalue weighted by molar-refractivity contribution is -0.0775. The van der Waals surface area contributed by atoms with Crippen molar-refractivity contribution in [3.8, 4) is 0 Å². The zero-order chi connectivity index (χ0) is 19.6. The van der Waals surface area contributed by atoms with Gasteiger partial charge >= 0.3 is 6.09 Å². The third-order valence-electron chi connectivity index (χ3n) is 3.52. The van der Waals surface area contributed by atoms with E-state index in [1.165, 1.54) is 0 Å². The van der Waals surface area contributed by atoms with Crippen molar-refractivity contribution < 1.29 is 19.0 Å². The molecular weight excluding hydrogens is 330 g/mol. The molecule has 0 spiro atoms. The van der Waals surface area contributed by atoms with Crippen LogP contribution in [-0.2, 0) is 20.8 Å². The van der Waals surface area contributed by atoms with E-state index in [2.05, 4.69) is 5.32 Å². The lowest BCUT2D eigenvalue weighted by atomic mass is 10.0. The molecule has 0 aliphatic rings. The van der Waals surface area contributed by atoms with E-state index in [1.54, 1.807) is 0 Å². The predicted molar refractivity (Wildman–Crippen MR) is 104 cm³/mol. The highest BCUT2D eigenvalue weighted by Crippen LogP contribution is 2.10.